The Morgan fingerprint density at radius 1 is 1.38 bits per heavy atom. The minimum absolute atomic E-state index is 0.0394. The summed E-state index contributed by atoms with van der Waals surface area (Å²) >= 11 is 0. The lowest BCUT2D eigenvalue weighted by Gasteiger charge is -2.32. The van der Waals surface area contributed by atoms with Gasteiger partial charge in [0.1, 0.15) is 11.7 Å². The van der Waals surface area contributed by atoms with Crippen molar-refractivity contribution in [3.63, 3.8) is 0 Å². The van der Waals surface area contributed by atoms with E-state index < -0.39 is 0 Å². The van der Waals surface area contributed by atoms with E-state index in [2.05, 4.69) is 32.2 Å². The monoisotopic (exact) mass is 291 g/mol. The van der Waals surface area contributed by atoms with Gasteiger partial charge in [-0.05, 0) is 32.9 Å². The van der Waals surface area contributed by atoms with Crippen molar-refractivity contribution >= 4 is 0 Å². The Morgan fingerprint density at radius 3 is 3.05 bits per heavy atom. The third kappa shape index (κ3) is 3.16. The van der Waals surface area contributed by atoms with Gasteiger partial charge in [0, 0.05) is 24.6 Å². The molecule has 4 nitrogen and oxygen atoms in total. The van der Waals surface area contributed by atoms with Gasteiger partial charge in [-0.15, -0.1) is 0 Å². The number of ether oxygens (including phenoxy) is 3. The number of likely N-dealkylation sites (N-methyl/N-ethyl adjacent to an activating group) is 1. The van der Waals surface area contributed by atoms with Gasteiger partial charge in [0.2, 0.25) is 0 Å². The number of nitrogens with one attached hydrogen (secondary N) is 1. The third-order valence-electron chi connectivity index (χ3n) is 4.10. The normalized spacial score (nSPS) is 27.0. The molecule has 0 saturated carbocycles. The fourth-order valence-corrected chi connectivity index (χ4v) is 3.17. The number of para-hydroxylation sites is 1. The van der Waals surface area contributed by atoms with Crippen LogP contribution in [0.1, 0.15) is 32.8 Å². The van der Waals surface area contributed by atoms with E-state index in [1.807, 2.05) is 12.1 Å². The first kappa shape index (κ1) is 14.7. The predicted octanol–water partition coefficient (Wildman–Crippen LogP) is 2.55. The standard InChI is InChI=1S/C17H25NO3/c1-4-18-13-8-9-19-11-15(13)20-14-7-5-6-12-10-17(2,3)21-16(12)14/h5-7,13,15,18H,4,8-11H2,1-3H3. The zero-order valence-corrected chi connectivity index (χ0v) is 13.1. The second-order valence-electron chi connectivity index (χ2n) is 6.47. The molecule has 4 heteroatoms. The summed E-state index contributed by atoms with van der Waals surface area (Å²) in [5.74, 6) is 1.75. The molecule has 116 valence electrons. The van der Waals surface area contributed by atoms with Crippen LogP contribution in [-0.2, 0) is 11.2 Å². The lowest BCUT2D eigenvalue weighted by atomic mass is 10.0. The third-order valence-corrected chi connectivity index (χ3v) is 4.10. The van der Waals surface area contributed by atoms with Crippen molar-refractivity contribution in [3.8, 4) is 11.5 Å². The minimum atomic E-state index is -0.147. The van der Waals surface area contributed by atoms with Crippen LogP contribution in [0.2, 0.25) is 0 Å². The van der Waals surface area contributed by atoms with Crippen LogP contribution in [0.4, 0.5) is 0 Å². The van der Waals surface area contributed by atoms with Gasteiger partial charge in [0.05, 0.1) is 6.61 Å². The van der Waals surface area contributed by atoms with Crippen molar-refractivity contribution in [2.45, 2.75) is 51.4 Å². The van der Waals surface area contributed by atoms with Crippen LogP contribution < -0.4 is 14.8 Å². The summed E-state index contributed by atoms with van der Waals surface area (Å²) in [5, 5.41) is 3.49. The maximum Gasteiger partial charge on any atom is 0.165 e. The summed E-state index contributed by atoms with van der Waals surface area (Å²) < 4.78 is 17.9. The first-order chi connectivity index (χ1) is 10.1. The highest BCUT2D eigenvalue weighted by Gasteiger charge is 2.34. The highest BCUT2D eigenvalue weighted by molar-refractivity contribution is 5.50. The Hall–Kier alpha value is -1.26. The number of rotatable bonds is 4. The SMILES string of the molecule is CCNC1CCOCC1Oc1cccc2c1OC(C)(C)C2. The van der Waals surface area contributed by atoms with Crippen molar-refractivity contribution in [1.82, 2.24) is 5.32 Å². The summed E-state index contributed by atoms with van der Waals surface area (Å²) in [6.07, 6.45) is 1.95. The maximum absolute atomic E-state index is 6.24. The number of hydrogen-bond acceptors (Lipinski definition) is 4. The molecule has 1 fully saturated rings. The van der Waals surface area contributed by atoms with Crippen molar-refractivity contribution in [2.24, 2.45) is 0 Å². The molecule has 0 bridgehead atoms. The van der Waals surface area contributed by atoms with Crippen LogP contribution in [-0.4, -0.2) is 37.5 Å². The molecule has 2 unspecified atom stereocenters. The van der Waals surface area contributed by atoms with E-state index in [9.17, 15) is 0 Å². The van der Waals surface area contributed by atoms with Crippen LogP contribution in [0.15, 0.2) is 18.2 Å². The van der Waals surface area contributed by atoms with E-state index in [0.29, 0.717) is 12.6 Å². The molecule has 0 aromatic heterocycles. The van der Waals surface area contributed by atoms with Gasteiger partial charge in [-0.1, -0.05) is 19.1 Å². The summed E-state index contributed by atoms with van der Waals surface area (Å²) in [6, 6.07) is 6.51. The van der Waals surface area contributed by atoms with Crippen molar-refractivity contribution in [2.75, 3.05) is 19.8 Å². The Morgan fingerprint density at radius 2 is 2.24 bits per heavy atom. The molecular weight excluding hydrogens is 266 g/mol. The number of benzene rings is 1. The maximum atomic E-state index is 6.24. The van der Waals surface area contributed by atoms with Gasteiger partial charge < -0.3 is 19.5 Å². The molecule has 1 saturated heterocycles. The van der Waals surface area contributed by atoms with E-state index in [4.69, 9.17) is 14.2 Å². The zero-order valence-electron chi connectivity index (χ0n) is 13.1. The van der Waals surface area contributed by atoms with Crippen LogP contribution >= 0.6 is 0 Å². The predicted molar refractivity (Wildman–Crippen MR) is 82.2 cm³/mol. The summed E-state index contributed by atoms with van der Waals surface area (Å²) in [4.78, 5) is 0. The van der Waals surface area contributed by atoms with Crippen LogP contribution in [0.3, 0.4) is 0 Å². The Balaban J connectivity index is 1.78. The summed E-state index contributed by atoms with van der Waals surface area (Å²) in [6.45, 7) is 8.72. The zero-order chi connectivity index (χ0) is 14.9. The van der Waals surface area contributed by atoms with Crippen LogP contribution in [0, 0.1) is 0 Å². The molecule has 1 aromatic rings. The average molecular weight is 291 g/mol. The van der Waals surface area contributed by atoms with Crippen molar-refractivity contribution in [3.05, 3.63) is 23.8 Å². The van der Waals surface area contributed by atoms with Gasteiger partial charge in [0.25, 0.3) is 0 Å². The molecule has 1 N–H and O–H groups in total. The van der Waals surface area contributed by atoms with E-state index in [0.717, 1.165) is 37.5 Å². The molecule has 2 atom stereocenters. The molecule has 2 aliphatic heterocycles. The second kappa shape index (κ2) is 5.85. The van der Waals surface area contributed by atoms with Gasteiger partial charge >= 0.3 is 0 Å². The molecule has 0 radical (unpaired) electrons. The van der Waals surface area contributed by atoms with Gasteiger partial charge in [-0.3, -0.25) is 0 Å². The molecule has 0 amide bonds. The van der Waals surface area contributed by atoms with E-state index in [1.54, 1.807) is 0 Å². The van der Waals surface area contributed by atoms with Gasteiger partial charge in [0.15, 0.2) is 11.5 Å². The molecule has 2 heterocycles. The molecule has 1 aromatic carbocycles. The lowest BCUT2D eigenvalue weighted by molar-refractivity contribution is -0.0160. The smallest absolute Gasteiger partial charge is 0.165 e. The quantitative estimate of drug-likeness (QED) is 0.925. The average Bonchev–Trinajstić information content (AvgIpc) is 2.76. The molecule has 3 rings (SSSR count). The number of hydrogen-bond donors (Lipinski definition) is 1. The van der Waals surface area contributed by atoms with Crippen molar-refractivity contribution in [1.29, 1.82) is 0 Å². The Labute approximate surface area is 126 Å². The largest absolute Gasteiger partial charge is 0.483 e. The van der Waals surface area contributed by atoms with E-state index >= 15 is 0 Å². The Bertz CT molecular complexity index is 499. The Kier molecular flexibility index (Phi) is 4.09. The van der Waals surface area contributed by atoms with E-state index in [-0.39, 0.29) is 11.7 Å². The topological polar surface area (TPSA) is 39.7 Å². The van der Waals surface area contributed by atoms with Gasteiger partial charge in [-0.25, -0.2) is 0 Å². The highest BCUT2D eigenvalue weighted by atomic mass is 16.6. The molecular formula is C17H25NO3. The summed E-state index contributed by atoms with van der Waals surface area (Å²) in [7, 11) is 0. The van der Waals surface area contributed by atoms with Crippen molar-refractivity contribution < 1.29 is 14.2 Å². The highest BCUT2D eigenvalue weighted by Crippen LogP contribution is 2.42. The molecule has 0 spiro atoms. The molecule has 0 aliphatic carbocycles. The minimum Gasteiger partial charge on any atom is -0.483 e. The molecule has 2 aliphatic rings. The fraction of sp³-hybridized carbons (Fsp3) is 0.647. The summed E-state index contributed by atoms with van der Waals surface area (Å²) in [5.41, 5.74) is 1.08. The van der Waals surface area contributed by atoms with E-state index in [1.165, 1.54) is 5.56 Å². The first-order valence-electron chi connectivity index (χ1n) is 7.88. The van der Waals surface area contributed by atoms with Gasteiger partial charge in [-0.2, -0.15) is 0 Å². The molecule has 21 heavy (non-hydrogen) atoms. The van der Waals surface area contributed by atoms with Crippen LogP contribution in [0.5, 0.6) is 11.5 Å². The number of fused-ring (bicyclic) bond motifs is 1. The first-order valence-corrected chi connectivity index (χ1v) is 7.88. The fourth-order valence-electron chi connectivity index (χ4n) is 3.17. The van der Waals surface area contributed by atoms with Crippen LogP contribution in [0.25, 0.3) is 0 Å². The lowest BCUT2D eigenvalue weighted by Crippen LogP contribution is -2.49. The second-order valence-corrected chi connectivity index (χ2v) is 6.47.